The molecule has 1 heterocycles. The third kappa shape index (κ3) is 2.55. The molecule has 0 amide bonds. The summed E-state index contributed by atoms with van der Waals surface area (Å²) in [5.74, 6) is 0. The molecule has 0 aliphatic carbocycles. The number of aromatic amines is 1. The first-order chi connectivity index (χ1) is 9.04. The Morgan fingerprint density at radius 1 is 1.53 bits per heavy atom. The molecule has 0 radical (unpaired) electrons. The number of rotatable bonds is 5. The van der Waals surface area contributed by atoms with Gasteiger partial charge in [0.1, 0.15) is 6.10 Å². The lowest BCUT2D eigenvalue weighted by molar-refractivity contribution is -0.384. The van der Waals surface area contributed by atoms with Gasteiger partial charge in [0.2, 0.25) is 0 Å². The number of nitro groups is 1. The lowest BCUT2D eigenvalue weighted by Crippen LogP contribution is -2.29. The van der Waals surface area contributed by atoms with Crippen LogP contribution in [0.2, 0.25) is 0 Å². The predicted octanol–water partition coefficient (Wildman–Crippen LogP) is 0.0848. The monoisotopic (exact) mass is 266 g/mol. The van der Waals surface area contributed by atoms with Crippen molar-refractivity contribution in [2.24, 2.45) is 0 Å². The van der Waals surface area contributed by atoms with E-state index in [4.69, 9.17) is 0 Å². The van der Waals surface area contributed by atoms with Gasteiger partial charge in [-0.25, -0.2) is 0 Å². The molecule has 1 aromatic heterocycles. The number of fused-ring (bicyclic) bond motifs is 1. The summed E-state index contributed by atoms with van der Waals surface area (Å²) in [7, 11) is 1.64. The second-order valence-electron chi connectivity index (χ2n) is 4.17. The first kappa shape index (κ1) is 13.4. The van der Waals surface area contributed by atoms with E-state index < -0.39 is 17.1 Å². The molecule has 0 bridgehead atoms. The highest BCUT2D eigenvalue weighted by Crippen LogP contribution is 2.27. The van der Waals surface area contributed by atoms with Gasteiger partial charge in [0, 0.05) is 24.1 Å². The number of hydrogen-bond donors (Lipinski definition) is 4. The van der Waals surface area contributed by atoms with Crippen molar-refractivity contribution in [2.45, 2.75) is 12.2 Å². The van der Waals surface area contributed by atoms with Gasteiger partial charge >= 0.3 is 0 Å². The lowest BCUT2D eigenvalue weighted by Gasteiger charge is -2.16. The maximum atomic E-state index is 10.7. The number of nitrogens with one attached hydrogen (secondary N) is 2. The van der Waals surface area contributed by atoms with Crippen LogP contribution in [0.15, 0.2) is 18.2 Å². The molecule has 102 valence electrons. The second kappa shape index (κ2) is 5.31. The van der Waals surface area contributed by atoms with E-state index in [2.05, 4.69) is 15.5 Å². The van der Waals surface area contributed by atoms with Crippen LogP contribution in [0.1, 0.15) is 11.8 Å². The summed E-state index contributed by atoms with van der Waals surface area (Å²) in [5.41, 5.74) is 0.670. The van der Waals surface area contributed by atoms with Crippen molar-refractivity contribution in [1.82, 2.24) is 15.5 Å². The number of hydrogen-bond acceptors (Lipinski definition) is 6. The largest absolute Gasteiger partial charge is 0.389 e. The van der Waals surface area contributed by atoms with Crippen LogP contribution in [-0.2, 0) is 0 Å². The molecule has 8 heteroatoms. The predicted molar refractivity (Wildman–Crippen MR) is 67.6 cm³/mol. The molecule has 0 spiro atoms. The molecule has 0 fully saturated rings. The zero-order valence-electron chi connectivity index (χ0n) is 10.2. The molecule has 2 atom stereocenters. The van der Waals surface area contributed by atoms with Crippen molar-refractivity contribution in [3.8, 4) is 0 Å². The average molecular weight is 266 g/mol. The van der Waals surface area contributed by atoms with Crippen LogP contribution in [0.5, 0.6) is 0 Å². The highest BCUT2D eigenvalue weighted by atomic mass is 16.6. The summed E-state index contributed by atoms with van der Waals surface area (Å²) in [6, 6.07) is 4.15. The number of non-ortho nitro benzene ring substituents is 1. The van der Waals surface area contributed by atoms with E-state index in [1.54, 1.807) is 7.05 Å². The van der Waals surface area contributed by atoms with E-state index in [-0.39, 0.29) is 17.9 Å². The molecule has 1 aromatic carbocycles. The van der Waals surface area contributed by atoms with Gasteiger partial charge < -0.3 is 15.5 Å². The Morgan fingerprint density at radius 2 is 2.26 bits per heavy atom. The summed E-state index contributed by atoms with van der Waals surface area (Å²) in [6.07, 6.45) is -2.23. The first-order valence-electron chi connectivity index (χ1n) is 5.67. The maximum Gasteiger partial charge on any atom is 0.270 e. The van der Waals surface area contributed by atoms with Crippen LogP contribution >= 0.6 is 0 Å². The highest BCUT2D eigenvalue weighted by Gasteiger charge is 2.23. The van der Waals surface area contributed by atoms with Gasteiger partial charge in [0.05, 0.1) is 22.2 Å². The van der Waals surface area contributed by atoms with Gasteiger partial charge in [-0.2, -0.15) is 5.10 Å². The van der Waals surface area contributed by atoms with Crippen molar-refractivity contribution < 1.29 is 15.1 Å². The normalized spacial score (nSPS) is 14.5. The molecule has 0 aliphatic rings. The topological polar surface area (TPSA) is 124 Å². The number of aliphatic hydroxyl groups excluding tert-OH is 2. The minimum absolute atomic E-state index is 0.0922. The SMILES string of the molecule is CNCC(O)C(O)c1[nH]nc2ccc([N+](=O)[O-])cc12. The Labute approximate surface area is 108 Å². The zero-order chi connectivity index (χ0) is 14.0. The number of nitrogens with zero attached hydrogens (tertiary/aromatic N) is 2. The fourth-order valence-electron chi connectivity index (χ4n) is 1.87. The Balaban J connectivity index is 2.43. The quantitative estimate of drug-likeness (QED) is 0.449. The first-order valence-corrected chi connectivity index (χ1v) is 5.67. The van der Waals surface area contributed by atoms with Crippen LogP contribution in [0.3, 0.4) is 0 Å². The molecule has 2 rings (SSSR count). The number of likely N-dealkylation sites (N-methyl/N-ethyl adjacent to an activating group) is 1. The Bertz CT molecular complexity index is 597. The molecular formula is C11H14N4O4. The zero-order valence-corrected chi connectivity index (χ0v) is 10.2. The fourth-order valence-corrected chi connectivity index (χ4v) is 1.87. The minimum atomic E-state index is -1.19. The third-order valence-electron chi connectivity index (χ3n) is 2.85. The molecular weight excluding hydrogens is 252 g/mol. The van der Waals surface area contributed by atoms with E-state index in [9.17, 15) is 20.3 Å². The number of aromatic nitrogens is 2. The van der Waals surface area contributed by atoms with Crippen molar-refractivity contribution in [2.75, 3.05) is 13.6 Å². The third-order valence-corrected chi connectivity index (χ3v) is 2.85. The van der Waals surface area contributed by atoms with Crippen LogP contribution in [0.4, 0.5) is 5.69 Å². The summed E-state index contributed by atoms with van der Waals surface area (Å²) in [6.45, 7) is 0.191. The number of aliphatic hydroxyl groups is 2. The summed E-state index contributed by atoms with van der Waals surface area (Å²) in [5, 5.41) is 40.2. The van der Waals surface area contributed by atoms with Crippen molar-refractivity contribution in [3.63, 3.8) is 0 Å². The van der Waals surface area contributed by atoms with Gasteiger partial charge in [-0.1, -0.05) is 0 Å². The Hall–Kier alpha value is -2.03. The smallest absolute Gasteiger partial charge is 0.270 e. The molecule has 2 aromatic rings. The Kier molecular flexibility index (Phi) is 3.74. The van der Waals surface area contributed by atoms with E-state index in [0.29, 0.717) is 10.9 Å². The molecule has 19 heavy (non-hydrogen) atoms. The average Bonchev–Trinajstić information content (AvgIpc) is 2.80. The minimum Gasteiger partial charge on any atom is -0.389 e. The van der Waals surface area contributed by atoms with E-state index in [0.717, 1.165) is 0 Å². The van der Waals surface area contributed by atoms with Crippen molar-refractivity contribution in [3.05, 3.63) is 34.0 Å². The number of H-pyrrole nitrogens is 1. The van der Waals surface area contributed by atoms with Gasteiger partial charge in [-0.05, 0) is 13.1 Å². The lowest BCUT2D eigenvalue weighted by atomic mass is 10.1. The second-order valence-corrected chi connectivity index (χ2v) is 4.17. The summed E-state index contributed by atoms with van der Waals surface area (Å²) < 4.78 is 0. The molecule has 2 unspecified atom stereocenters. The van der Waals surface area contributed by atoms with E-state index in [1.165, 1.54) is 18.2 Å². The molecule has 0 saturated carbocycles. The summed E-state index contributed by atoms with van der Waals surface area (Å²) in [4.78, 5) is 10.2. The van der Waals surface area contributed by atoms with Crippen LogP contribution in [0.25, 0.3) is 10.9 Å². The maximum absolute atomic E-state index is 10.7. The van der Waals surface area contributed by atoms with E-state index in [1.807, 2.05) is 0 Å². The molecule has 4 N–H and O–H groups in total. The number of benzene rings is 1. The fraction of sp³-hybridized carbons (Fsp3) is 0.364. The molecule has 0 aliphatic heterocycles. The standard InChI is InChI=1S/C11H14N4O4/c1-12-5-9(16)11(17)10-7-4-6(15(18)19)2-3-8(7)13-14-10/h2-4,9,11-12,16-17H,5H2,1H3,(H,13,14). The number of nitro benzene ring substituents is 1. The molecule has 0 saturated heterocycles. The van der Waals surface area contributed by atoms with Crippen LogP contribution in [-0.4, -0.2) is 45.0 Å². The van der Waals surface area contributed by atoms with Gasteiger partial charge in [0.15, 0.2) is 0 Å². The van der Waals surface area contributed by atoms with Crippen molar-refractivity contribution in [1.29, 1.82) is 0 Å². The van der Waals surface area contributed by atoms with Gasteiger partial charge in [0.25, 0.3) is 5.69 Å². The highest BCUT2D eigenvalue weighted by molar-refractivity contribution is 5.84. The van der Waals surface area contributed by atoms with Crippen LogP contribution < -0.4 is 5.32 Å². The van der Waals surface area contributed by atoms with Crippen LogP contribution in [0, 0.1) is 10.1 Å². The van der Waals surface area contributed by atoms with Crippen molar-refractivity contribution >= 4 is 16.6 Å². The van der Waals surface area contributed by atoms with E-state index >= 15 is 0 Å². The summed E-state index contributed by atoms with van der Waals surface area (Å²) >= 11 is 0. The molecule has 8 nitrogen and oxygen atoms in total. The van der Waals surface area contributed by atoms with Gasteiger partial charge in [-0.3, -0.25) is 15.2 Å². The Morgan fingerprint density at radius 3 is 2.89 bits per heavy atom. The van der Waals surface area contributed by atoms with Gasteiger partial charge in [-0.15, -0.1) is 0 Å².